The molecule has 4 rings (SSSR count). The number of hydrogen-bond donors (Lipinski definition) is 8. The molecule has 0 bridgehead atoms. The highest BCUT2D eigenvalue weighted by atomic mass is 35.5. The lowest BCUT2D eigenvalue weighted by Gasteiger charge is -2.12. The quantitative estimate of drug-likeness (QED) is 0.0609. The predicted octanol–water partition coefficient (Wildman–Crippen LogP) is 2.94. The number of nitrogens with zero attached hydrogens (tertiary/aromatic N) is 6. The van der Waals surface area contributed by atoms with Gasteiger partial charge in [-0.15, -0.1) is 11.3 Å². The van der Waals surface area contributed by atoms with E-state index in [0.717, 1.165) is 28.3 Å². The van der Waals surface area contributed by atoms with Gasteiger partial charge in [-0.2, -0.15) is 33.2 Å². The molecule has 0 spiro atoms. The number of nitrogens with two attached hydrogens (primary N) is 1. The minimum absolute atomic E-state index is 0.0633. The summed E-state index contributed by atoms with van der Waals surface area (Å²) >= 11 is 12.3. The first-order valence-electron chi connectivity index (χ1n) is 13.7. The number of rotatable bonds is 11. The molecule has 0 saturated heterocycles. The number of carbonyl (C=O) groups is 3. The highest BCUT2D eigenvalue weighted by molar-refractivity contribution is 7.90. The molecule has 0 unspecified atom stereocenters. The summed E-state index contributed by atoms with van der Waals surface area (Å²) in [6, 6.07) is 1.13. The molecule has 0 aliphatic heterocycles. The van der Waals surface area contributed by atoms with Crippen LogP contribution in [0.5, 0.6) is 6.01 Å². The number of hydrogen-bond acceptors (Lipinski definition) is 16. The number of nitrogens with one attached hydrogen (secondary N) is 3. The van der Waals surface area contributed by atoms with Crippen molar-refractivity contribution in [2.24, 2.45) is 0 Å². The third-order valence-electron chi connectivity index (χ3n) is 5.61. The highest BCUT2D eigenvalue weighted by Gasteiger charge is 2.33. The van der Waals surface area contributed by atoms with Crippen LogP contribution in [0.25, 0.3) is 5.69 Å². The first kappa shape index (κ1) is 45.9. The Labute approximate surface area is 318 Å². The van der Waals surface area contributed by atoms with E-state index in [4.69, 9.17) is 53.7 Å². The SMILES string of the molecule is COc1nc(C)nc(NC(=O)NS(=O)(=O)c2ccsc2C(=O)O)n1.Nc1c([N+](=O)[O-])cnn1-c1c(Cl)cc(C(F)(F)F)cc1Cl.O=C(O)CNCP(=O)(O)O. The molecule has 23 nitrogen and oxygen atoms in total. The number of nitro groups is 1. The van der Waals surface area contributed by atoms with Crippen molar-refractivity contribution in [2.75, 3.05) is 31.0 Å². The van der Waals surface area contributed by atoms with E-state index in [1.54, 1.807) is 4.72 Å². The Bertz CT molecular complexity index is 2220. The van der Waals surface area contributed by atoms with Crippen LogP contribution >= 0.6 is 42.1 Å². The van der Waals surface area contributed by atoms with E-state index in [2.05, 4.69) is 30.7 Å². The third kappa shape index (κ3) is 13.9. The molecule has 0 saturated carbocycles. The summed E-state index contributed by atoms with van der Waals surface area (Å²) in [5.74, 6) is -2.94. The zero-order valence-electron chi connectivity index (χ0n) is 27.2. The number of thiophene rings is 1. The first-order chi connectivity index (χ1) is 25.3. The molecule has 31 heteroatoms. The van der Waals surface area contributed by atoms with Crippen molar-refractivity contribution in [3.05, 3.63) is 66.2 Å². The molecule has 3 heterocycles. The van der Waals surface area contributed by atoms with Gasteiger partial charge in [-0.25, -0.2) is 27.4 Å². The number of carboxylic acids is 2. The second kappa shape index (κ2) is 18.9. The molecule has 0 aliphatic rings. The predicted molar refractivity (Wildman–Crippen MR) is 184 cm³/mol. The van der Waals surface area contributed by atoms with Crippen molar-refractivity contribution in [2.45, 2.75) is 18.0 Å². The lowest BCUT2D eigenvalue weighted by atomic mass is 10.2. The van der Waals surface area contributed by atoms with Gasteiger partial charge in [0.2, 0.25) is 11.8 Å². The van der Waals surface area contributed by atoms with Gasteiger partial charge in [-0.05, 0) is 30.5 Å². The molecule has 0 fully saturated rings. The molecule has 2 amide bonds. The van der Waals surface area contributed by atoms with E-state index in [-0.39, 0.29) is 33.5 Å². The fraction of sp³-hybridized carbons (Fsp3) is 0.208. The summed E-state index contributed by atoms with van der Waals surface area (Å²) in [5.41, 5.74) is 3.78. The number of nitrogen functional groups attached to an aromatic ring is 1. The summed E-state index contributed by atoms with van der Waals surface area (Å²) in [4.78, 5) is 69.3. The van der Waals surface area contributed by atoms with Crippen LogP contribution in [0.4, 0.5) is 35.4 Å². The Morgan fingerprint density at radius 3 is 2.22 bits per heavy atom. The Kier molecular flexibility index (Phi) is 15.8. The van der Waals surface area contributed by atoms with Crippen LogP contribution in [-0.2, 0) is 25.6 Å². The maximum absolute atomic E-state index is 12.6. The number of aromatic carboxylic acids is 1. The molecule has 300 valence electrons. The normalized spacial score (nSPS) is 11.3. The fourth-order valence-corrected chi connectivity index (χ4v) is 6.70. The van der Waals surface area contributed by atoms with E-state index < -0.39 is 86.4 Å². The fourth-order valence-electron chi connectivity index (χ4n) is 3.48. The van der Waals surface area contributed by atoms with E-state index in [1.165, 1.54) is 19.4 Å². The van der Waals surface area contributed by atoms with Crippen LogP contribution in [0.3, 0.4) is 0 Å². The molecule has 55 heavy (non-hydrogen) atoms. The number of aryl methyl sites for hydroxylation is 1. The van der Waals surface area contributed by atoms with Gasteiger partial charge in [0.25, 0.3) is 10.0 Å². The Morgan fingerprint density at radius 1 is 1.15 bits per heavy atom. The van der Waals surface area contributed by atoms with Gasteiger partial charge >= 0.3 is 43.4 Å². The third-order valence-corrected chi connectivity index (χ3v) is 9.22. The number of halogens is 5. The van der Waals surface area contributed by atoms with Crippen LogP contribution in [0, 0.1) is 17.0 Å². The lowest BCUT2D eigenvalue weighted by molar-refractivity contribution is -0.383. The van der Waals surface area contributed by atoms with Gasteiger partial charge in [0.15, 0.2) is 0 Å². The average molecular weight is 884 g/mol. The molecular formula is C24H24Cl2F3N10O13PS2. The number of aliphatic carboxylic acids is 1. The number of ether oxygens (including phenoxy) is 1. The largest absolute Gasteiger partial charge is 0.480 e. The zero-order chi connectivity index (χ0) is 42.1. The van der Waals surface area contributed by atoms with Crippen LogP contribution in [0.15, 0.2) is 34.7 Å². The van der Waals surface area contributed by atoms with Gasteiger partial charge in [-0.1, -0.05) is 23.2 Å². The Hall–Kier alpha value is -5.22. The molecule has 4 aromatic rings. The van der Waals surface area contributed by atoms with Crippen LogP contribution in [-0.4, -0.2) is 96.0 Å². The second-order valence-corrected chi connectivity index (χ2v) is 14.7. The van der Waals surface area contributed by atoms with Crippen molar-refractivity contribution >= 4 is 87.6 Å². The molecular weight excluding hydrogens is 859 g/mol. The zero-order valence-corrected chi connectivity index (χ0v) is 31.2. The van der Waals surface area contributed by atoms with E-state index >= 15 is 0 Å². The number of carbonyl (C=O) groups excluding carboxylic acids is 1. The molecule has 1 aromatic carbocycles. The van der Waals surface area contributed by atoms with Gasteiger partial charge in [0.05, 0.1) is 40.5 Å². The minimum Gasteiger partial charge on any atom is -0.480 e. The number of amides is 2. The standard InChI is InChI=1S/C11H11N5O6S2.C10H5Cl2F3N4O2.C3H8NO5P/c1-5-12-9(15-11(13-5)22-2)14-10(19)16-24(20,21)6-3-4-23-7(6)8(17)18;11-5-1-4(10(13,14)15)2-6(12)8(5)18-9(16)7(3-17-18)19(20)21;5-3(6)1-4-2-10(7,8)9/h3-4H,1-2H3,(H,17,18)(H2,12,13,14,15,16,19);1-3H,16H2;4H,1-2H2,(H,5,6)(H2,7,8,9). The van der Waals surface area contributed by atoms with Crippen molar-refractivity contribution in [1.29, 1.82) is 0 Å². The molecule has 9 N–H and O–H groups in total. The number of benzene rings is 1. The summed E-state index contributed by atoms with van der Waals surface area (Å²) < 4.78 is 79.4. The first-order valence-corrected chi connectivity index (χ1v) is 18.6. The maximum atomic E-state index is 12.6. The second-order valence-electron chi connectivity index (χ2n) is 9.69. The monoisotopic (exact) mass is 882 g/mol. The number of aromatic nitrogens is 5. The summed E-state index contributed by atoms with van der Waals surface area (Å²) in [7, 11) is -7.16. The summed E-state index contributed by atoms with van der Waals surface area (Å²) in [5, 5.41) is 35.9. The van der Waals surface area contributed by atoms with E-state index in [0.29, 0.717) is 12.1 Å². The number of alkyl halides is 3. The van der Waals surface area contributed by atoms with E-state index in [1.807, 2.05) is 0 Å². The number of carboxylic acid groups (broad SMARTS) is 2. The molecule has 3 aromatic heterocycles. The van der Waals surface area contributed by atoms with Gasteiger partial charge in [0.1, 0.15) is 27.5 Å². The molecule has 0 aliphatic carbocycles. The van der Waals surface area contributed by atoms with Crippen molar-refractivity contribution < 1.29 is 70.2 Å². The maximum Gasteiger partial charge on any atom is 0.416 e. The number of sulfonamides is 1. The van der Waals surface area contributed by atoms with Gasteiger partial charge in [0, 0.05) is 0 Å². The Balaban J connectivity index is 0.000000309. The molecule has 0 atom stereocenters. The topological polar surface area (TPSA) is 354 Å². The molecule has 0 radical (unpaired) electrons. The van der Waals surface area contributed by atoms with E-state index in [9.17, 15) is 50.7 Å². The minimum atomic E-state index is -4.63. The van der Waals surface area contributed by atoms with Crippen LogP contribution < -0.4 is 25.8 Å². The Morgan fingerprint density at radius 2 is 1.75 bits per heavy atom. The van der Waals surface area contributed by atoms with Crippen molar-refractivity contribution in [3.63, 3.8) is 0 Å². The van der Waals surface area contributed by atoms with Crippen LogP contribution in [0.1, 0.15) is 21.1 Å². The number of methoxy groups -OCH3 is 1. The lowest BCUT2D eigenvalue weighted by Crippen LogP contribution is -2.35. The number of anilines is 2. The average Bonchev–Trinajstić information content (AvgIpc) is 3.68. The summed E-state index contributed by atoms with van der Waals surface area (Å²) in [6.45, 7) is 1.08. The number of urea groups is 1. The van der Waals surface area contributed by atoms with Crippen LogP contribution in [0.2, 0.25) is 10.0 Å². The highest BCUT2D eigenvalue weighted by Crippen LogP contribution is 2.39. The van der Waals surface area contributed by atoms with Crippen molar-refractivity contribution in [1.82, 2.24) is 34.8 Å². The van der Waals surface area contributed by atoms with Crippen molar-refractivity contribution in [3.8, 4) is 11.7 Å². The summed E-state index contributed by atoms with van der Waals surface area (Å²) in [6.07, 6.45) is -4.38. The van der Waals surface area contributed by atoms with Gasteiger partial charge in [-0.3, -0.25) is 30.1 Å². The van der Waals surface area contributed by atoms with Gasteiger partial charge < -0.3 is 30.5 Å². The smallest absolute Gasteiger partial charge is 0.416 e.